The van der Waals surface area contributed by atoms with Crippen molar-refractivity contribution in [2.24, 2.45) is 0 Å². The van der Waals surface area contributed by atoms with Gasteiger partial charge in [0.25, 0.3) is 15.9 Å². The summed E-state index contributed by atoms with van der Waals surface area (Å²) in [5.41, 5.74) is 2.56. The topological polar surface area (TPSA) is 117 Å². The summed E-state index contributed by atoms with van der Waals surface area (Å²) in [6, 6.07) is 21.1. The molecule has 0 saturated carbocycles. The first-order chi connectivity index (χ1) is 22.5. The molecule has 3 aromatic carbocycles. The van der Waals surface area contributed by atoms with E-state index in [1.165, 1.54) is 12.1 Å². The quantitative estimate of drug-likeness (QED) is 0.0807. The number of nitrogens with one attached hydrogen (secondary N) is 2. The third-order valence-electron chi connectivity index (χ3n) is 7.84. The molecule has 0 aliphatic carbocycles. The van der Waals surface area contributed by atoms with E-state index in [-0.39, 0.29) is 54.2 Å². The van der Waals surface area contributed by atoms with Crippen LogP contribution in [0.5, 0.6) is 0 Å². The fourth-order valence-electron chi connectivity index (χ4n) is 5.58. The number of terminal acetylenes is 1. The van der Waals surface area contributed by atoms with Crippen molar-refractivity contribution in [1.82, 2.24) is 14.9 Å². The lowest BCUT2D eigenvalue weighted by molar-refractivity contribution is -0.632. The summed E-state index contributed by atoms with van der Waals surface area (Å²) in [6.07, 6.45) is 8.58. The highest BCUT2D eigenvalue weighted by Gasteiger charge is 2.34. The van der Waals surface area contributed by atoms with Gasteiger partial charge in [-0.25, -0.2) is 12.7 Å². The number of carbonyl (C=O) groups excluding carboxylic acids is 3. The van der Waals surface area contributed by atoms with Gasteiger partial charge in [0.2, 0.25) is 29.4 Å². The van der Waals surface area contributed by atoms with Crippen molar-refractivity contribution in [1.29, 1.82) is 0 Å². The predicted octanol–water partition coefficient (Wildman–Crippen LogP) is 5.03. The molecule has 0 atom stereocenters. The SMILES string of the molecule is C#CC[n+]1c2ccccc2c(C(=O)N(CCCC(=O)NCCCCCC(=O)NC(C)C)S(=O)(=O)c2ccc(C)cc2)c2ccccc21. The Kier molecular flexibility index (Phi) is 12.1. The highest BCUT2D eigenvalue weighted by atomic mass is 32.2. The first kappa shape index (κ1) is 35.1. The van der Waals surface area contributed by atoms with E-state index in [9.17, 15) is 22.8 Å². The van der Waals surface area contributed by atoms with Gasteiger partial charge >= 0.3 is 0 Å². The summed E-state index contributed by atoms with van der Waals surface area (Å²) >= 11 is 0. The number of carbonyl (C=O) groups is 3. The summed E-state index contributed by atoms with van der Waals surface area (Å²) in [4.78, 5) is 39.0. The van der Waals surface area contributed by atoms with Crippen molar-refractivity contribution >= 4 is 49.6 Å². The van der Waals surface area contributed by atoms with Crippen LogP contribution in [0.1, 0.15) is 68.3 Å². The molecule has 0 aliphatic heterocycles. The monoisotopic (exact) mass is 655 g/mol. The Morgan fingerprint density at radius 3 is 2.02 bits per heavy atom. The van der Waals surface area contributed by atoms with Gasteiger partial charge in [-0.05, 0) is 70.2 Å². The van der Waals surface area contributed by atoms with Crippen LogP contribution in [-0.2, 0) is 26.2 Å². The summed E-state index contributed by atoms with van der Waals surface area (Å²) in [6.45, 7) is 6.23. The number of sulfonamides is 1. The third kappa shape index (κ3) is 8.74. The van der Waals surface area contributed by atoms with Gasteiger partial charge in [-0.2, -0.15) is 4.57 Å². The molecule has 0 spiro atoms. The van der Waals surface area contributed by atoms with Crippen molar-refractivity contribution < 1.29 is 27.4 Å². The Morgan fingerprint density at radius 1 is 0.830 bits per heavy atom. The van der Waals surface area contributed by atoms with E-state index in [0.29, 0.717) is 34.8 Å². The molecule has 0 fully saturated rings. The standard InChI is InChI=1S/C37H42N4O5S/c1-5-25-40-32-16-10-8-14-30(32)36(31-15-9-11-17-33(31)40)37(44)41(47(45,46)29-22-20-28(4)21-23-29)26-13-19-34(42)38-24-12-6-7-18-35(43)39-27(2)3/h1,8-11,14-17,20-23,27H,6-7,12-13,18-19,24-26H2,2-4H3,(H-,38,39,42,43)/p+1. The molecular formula is C37H43N4O5S+. The number of aryl methyl sites for hydroxylation is 1. The number of unbranched alkanes of at least 4 members (excludes halogenated alkanes) is 2. The number of pyridine rings is 1. The minimum Gasteiger partial charge on any atom is -0.356 e. The molecule has 0 aliphatic rings. The second-order valence-corrected chi connectivity index (χ2v) is 13.7. The Labute approximate surface area is 277 Å². The molecule has 0 radical (unpaired) electrons. The van der Waals surface area contributed by atoms with Crippen LogP contribution < -0.4 is 15.2 Å². The molecule has 3 amide bonds. The van der Waals surface area contributed by atoms with E-state index in [1.807, 2.05) is 49.6 Å². The first-order valence-electron chi connectivity index (χ1n) is 16.0. The third-order valence-corrected chi connectivity index (χ3v) is 9.64. The largest absolute Gasteiger partial charge is 0.356 e. The van der Waals surface area contributed by atoms with Crippen molar-refractivity contribution in [3.8, 4) is 12.3 Å². The van der Waals surface area contributed by atoms with Crippen molar-refractivity contribution in [2.45, 2.75) is 76.8 Å². The Bertz CT molecular complexity index is 1840. The van der Waals surface area contributed by atoms with Gasteiger partial charge < -0.3 is 10.6 Å². The van der Waals surface area contributed by atoms with Crippen LogP contribution >= 0.6 is 0 Å². The van der Waals surface area contributed by atoms with Crippen LogP contribution in [-0.4, -0.2) is 49.6 Å². The molecule has 1 heterocycles. The summed E-state index contributed by atoms with van der Waals surface area (Å²) in [5, 5.41) is 6.89. The summed E-state index contributed by atoms with van der Waals surface area (Å²) < 4.78 is 31.0. The van der Waals surface area contributed by atoms with Gasteiger partial charge in [0.15, 0.2) is 0 Å². The molecule has 2 N–H and O–H groups in total. The highest BCUT2D eigenvalue weighted by molar-refractivity contribution is 7.89. The molecule has 0 bridgehead atoms. The van der Waals surface area contributed by atoms with E-state index in [1.54, 1.807) is 36.4 Å². The van der Waals surface area contributed by atoms with Crippen LogP contribution in [0.3, 0.4) is 0 Å². The number of para-hydroxylation sites is 2. The lowest BCUT2D eigenvalue weighted by Crippen LogP contribution is -2.40. The maximum Gasteiger partial charge on any atom is 0.269 e. The van der Waals surface area contributed by atoms with E-state index >= 15 is 0 Å². The molecule has 10 heteroatoms. The number of hydrogen-bond donors (Lipinski definition) is 2. The zero-order valence-electron chi connectivity index (χ0n) is 27.3. The number of amides is 3. The molecule has 246 valence electrons. The van der Waals surface area contributed by atoms with E-state index in [4.69, 9.17) is 6.42 Å². The van der Waals surface area contributed by atoms with Gasteiger partial charge in [0, 0.05) is 44.1 Å². The van der Waals surface area contributed by atoms with Gasteiger partial charge in [-0.15, -0.1) is 6.42 Å². The Morgan fingerprint density at radius 2 is 1.43 bits per heavy atom. The molecule has 4 aromatic rings. The molecule has 0 unspecified atom stereocenters. The van der Waals surface area contributed by atoms with Crippen molar-refractivity contribution in [3.63, 3.8) is 0 Å². The number of rotatable bonds is 15. The first-order valence-corrected chi connectivity index (χ1v) is 17.4. The van der Waals surface area contributed by atoms with Crippen LogP contribution in [0.4, 0.5) is 0 Å². The molecular weight excluding hydrogens is 612 g/mol. The van der Waals surface area contributed by atoms with Crippen molar-refractivity contribution in [2.75, 3.05) is 13.1 Å². The zero-order chi connectivity index (χ0) is 34.0. The second kappa shape index (κ2) is 16.2. The Balaban J connectivity index is 1.56. The predicted molar refractivity (Wildman–Crippen MR) is 184 cm³/mol. The highest BCUT2D eigenvalue weighted by Crippen LogP contribution is 2.29. The van der Waals surface area contributed by atoms with E-state index in [0.717, 1.165) is 29.1 Å². The van der Waals surface area contributed by atoms with E-state index in [2.05, 4.69) is 16.6 Å². The summed E-state index contributed by atoms with van der Waals surface area (Å²) in [5.74, 6) is 1.80. The number of nitrogens with zero attached hydrogens (tertiary/aromatic N) is 2. The van der Waals surface area contributed by atoms with Crippen LogP contribution in [0.2, 0.25) is 0 Å². The summed E-state index contributed by atoms with van der Waals surface area (Å²) in [7, 11) is -4.28. The molecule has 4 rings (SSSR count). The smallest absolute Gasteiger partial charge is 0.269 e. The van der Waals surface area contributed by atoms with Gasteiger partial charge in [0.1, 0.15) is 0 Å². The molecule has 9 nitrogen and oxygen atoms in total. The normalized spacial score (nSPS) is 11.4. The average Bonchev–Trinajstić information content (AvgIpc) is 3.04. The van der Waals surface area contributed by atoms with E-state index < -0.39 is 15.9 Å². The number of aromatic nitrogens is 1. The number of benzene rings is 3. The fourth-order valence-corrected chi connectivity index (χ4v) is 7.00. The minimum absolute atomic E-state index is 0.00471. The Hall–Kier alpha value is -4.75. The molecule has 0 saturated heterocycles. The number of fused-ring (bicyclic) bond motifs is 2. The average molecular weight is 656 g/mol. The lowest BCUT2D eigenvalue weighted by Gasteiger charge is -2.24. The van der Waals surface area contributed by atoms with Gasteiger partial charge in [-0.3, -0.25) is 14.4 Å². The fraction of sp³-hybridized carbons (Fsp3) is 0.351. The molecule has 1 aromatic heterocycles. The molecule has 47 heavy (non-hydrogen) atoms. The lowest BCUT2D eigenvalue weighted by atomic mass is 10.0. The van der Waals surface area contributed by atoms with Crippen molar-refractivity contribution in [3.05, 3.63) is 83.9 Å². The van der Waals surface area contributed by atoms with Gasteiger partial charge in [0.05, 0.1) is 21.2 Å². The maximum atomic E-state index is 14.6. The zero-order valence-corrected chi connectivity index (χ0v) is 28.1. The van der Waals surface area contributed by atoms with Gasteiger partial charge in [-0.1, -0.05) is 48.4 Å². The van der Waals surface area contributed by atoms with Crippen LogP contribution in [0.25, 0.3) is 21.8 Å². The maximum absolute atomic E-state index is 14.6. The van der Waals surface area contributed by atoms with Crippen LogP contribution in [0, 0.1) is 19.3 Å². The second-order valence-electron chi connectivity index (χ2n) is 11.9. The minimum atomic E-state index is -4.28. The van der Waals surface area contributed by atoms with Crippen LogP contribution in [0.15, 0.2) is 77.7 Å². The number of hydrogen-bond acceptors (Lipinski definition) is 5.